The predicted octanol–water partition coefficient (Wildman–Crippen LogP) is -0.635. The average molecular weight is 219 g/mol. The topological polar surface area (TPSA) is 95.9 Å². The van der Waals surface area contributed by atoms with E-state index in [0.29, 0.717) is 13.2 Å². The molecule has 15 heavy (non-hydrogen) atoms. The zero-order chi connectivity index (χ0) is 11.7. The number of rotatable bonds is 8. The van der Waals surface area contributed by atoms with Gasteiger partial charge in [0.15, 0.2) is 6.10 Å². The van der Waals surface area contributed by atoms with Crippen LogP contribution < -0.4 is 5.32 Å². The van der Waals surface area contributed by atoms with Crippen molar-refractivity contribution in [2.75, 3.05) is 19.8 Å². The van der Waals surface area contributed by atoms with Crippen LogP contribution in [0.15, 0.2) is 0 Å². The van der Waals surface area contributed by atoms with Gasteiger partial charge >= 0.3 is 5.97 Å². The van der Waals surface area contributed by atoms with Crippen LogP contribution in [0.1, 0.15) is 19.8 Å². The number of carbonyl (C=O) groups is 2. The summed E-state index contributed by atoms with van der Waals surface area (Å²) in [6.45, 7) is 2.60. The van der Waals surface area contributed by atoms with Gasteiger partial charge in [0.2, 0.25) is 5.91 Å². The molecule has 0 spiro atoms. The molecule has 0 fully saturated rings. The standard InChI is InChI=1S/C9H17NO5/c1-2-4-15-5-3-8(12)10-6-7(11)9(13)14/h7,11H,2-6H2,1H3,(H,10,12)(H,13,14)/t7-/m0/s1. The van der Waals surface area contributed by atoms with E-state index in [-0.39, 0.29) is 18.9 Å². The Kier molecular flexibility index (Phi) is 7.57. The summed E-state index contributed by atoms with van der Waals surface area (Å²) in [5, 5.41) is 19.4. The number of nitrogens with one attached hydrogen (secondary N) is 1. The Morgan fingerprint density at radius 1 is 1.40 bits per heavy atom. The van der Waals surface area contributed by atoms with Crippen LogP contribution in [0.3, 0.4) is 0 Å². The fraction of sp³-hybridized carbons (Fsp3) is 0.778. The molecule has 0 saturated heterocycles. The number of aliphatic hydroxyl groups is 1. The second-order valence-corrected chi connectivity index (χ2v) is 3.02. The number of amides is 1. The van der Waals surface area contributed by atoms with E-state index in [1.165, 1.54) is 0 Å². The molecule has 0 heterocycles. The molecule has 0 saturated carbocycles. The van der Waals surface area contributed by atoms with E-state index in [4.69, 9.17) is 14.9 Å². The maximum Gasteiger partial charge on any atom is 0.334 e. The Balaban J connectivity index is 3.45. The molecule has 0 rings (SSSR count). The van der Waals surface area contributed by atoms with Crippen molar-refractivity contribution >= 4 is 11.9 Å². The monoisotopic (exact) mass is 219 g/mol. The first-order chi connectivity index (χ1) is 7.07. The van der Waals surface area contributed by atoms with E-state index in [1.54, 1.807) is 0 Å². The van der Waals surface area contributed by atoms with Crippen LogP contribution in [-0.2, 0) is 14.3 Å². The number of aliphatic carboxylic acids is 1. The van der Waals surface area contributed by atoms with Crippen molar-refractivity contribution in [2.24, 2.45) is 0 Å². The lowest BCUT2D eigenvalue weighted by molar-refractivity contribution is -0.146. The molecule has 6 heteroatoms. The molecule has 6 nitrogen and oxygen atoms in total. The number of hydrogen-bond donors (Lipinski definition) is 3. The lowest BCUT2D eigenvalue weighted by atomic mass is 10.3. The highest BCUT2D eigenvalue weighted by molar-refractivity contribution is 5.77. The molecule has 0 unspecified atom stereocenters. The Labute approximate surface area is 88.2 Å². The summed E-state index contributed by atoms with van der Waals surface area (Å²) in [6, 6.07) is 0. The van der Waals surface area contributed by atoms with Crippen molar-refractivity contribution in [3.8, 4) is 0 Å². The zero-order valence-corrected chi connectivity index (χ0v) is 8.73. The van der Waals surface area contributed by atoms with Crippen molar-refractivity contribution in [3.63, 3.8) is 0 Å². The van der Waals surface area contributed by atoms with Gasteiger partial charge in [0.1, 0.15) is 0 Å². The average Bonchev–Trinajstić information content (AvgIpc) is 2.20. The van der Waals surface area contributed by atoms with Gasteiger partial charge < -0.3 is 20.3 Å². The largest absolute Gasteiger partial charge is 0.479 e. The van der Waals surface area contributed by atoms with Gasteiger partial charge in [-0.3, -0.25) is 4.79 Å². The number of hydrogen-bond acceptors (Lipinski definition) is 4. The minimum absolute atomic E-state index is 0.173. The maximum absolute atomic E-state index is 11.0. The Morgan fingerprint density at radius 3 is 2.60 bits per heavy atom. The summed E-state index contributed by atoms with van der Waals surface area (Å²) < 4.78 is 5.07. The fourth-order valence-electron chi connectivity index (χ4n) is 0.797. The van der Waals surface area contributed by atoms with Crippen LogP contribution in [0.5, 0.6) is 0 Å². The highest BCUT2D eigenvalue weighted by Gasteiger charge is 2.13. The second-order valence-electron chi connectivity index (χ2n) is 3.02. The minimum Gasteiger partial charge on any atom is -0.479 e. The lowest BCUT2D eigenvalue weighted by Crippen LogP contribution is -2.36. The second kappa shape index (κ2) is 8.19. The quantitative estimate of drug-likeness (QED) is 0.472. The summed E-state index contributed by atoms with van der Waals surface area (Å²) >= 11 is 0. The maximum atomic E-state index is 11.0. The molecule has 88 valence electrons. The highest BCUT2D eigenvalue weighted by atomic mass is 16.5. The van der Waals surface area contributed by atoms with Crippen LogP contribution in [0.4, 0.5) is 0 Å². The molecule has 0 aromatic carbocycles. The number of aliphatic hydroxyl groups excluding tert-OH is 1. The smallest absolute Gasteiger partial charge is 0.334 e. The molecule has 0 bridgehead atoms. The number of carboxylic acids is 1. The summed E-state index contributed by atoms with van der Waals surface area (Å²) in [6.07, 6.45) is -0.489. The van der Waals surface area contributed by atoms with Gasteiger partial charge in [0, 0.05) is 13.0 Å². The Morgan fingerprint density at radius 2 is 2.07 bits per heavy atom. The van der Waals surface area contributed by atoms with Gasteiger partial charge in [0.05, 0.1) is 13.2 Å². The van der Waals surface area contributed by atoms with Gasteiger partial charge in [-0.1, -0.05) is 6.92 Å². The van der Waals surface area contributed by atoms with Crippen LogP contribution in [-0.4, -0.2) is 48.0 Å². The van der Waals surface area contributed by atoms with Crippen LogP contribution in [0.2, 0.25) is 0 Å². The van der Waals surface area contributed by atoms with E-state index in [0.717, 1.165) is 6.42 Å². The highest BCUT2D eigenvalue weighted by Crippen LogP contribution is 1.87. The van der Waals surface area contributed by atoms with Crippen molar-refractivity contribution in [3.05, 3.63) is 0 Å². The molecular formula is C9H17NO5. The predicted molar refractivity (Wildman–Crippen MR) is 52.4 cm³/mol. The summed E-state index contributed by atoms with van der Waals surface area (Å²) in [4.78, 5) is 21.2. The van der Waals surface area contributed by atoms with Crippen molar-refractivity contribution in [1.29, 1.82) is 0 Å². The normalized spacial score (nSPS) is 12.1. The molecule has 3 N–H and O–H groups in total. The number of ether oxygens (including phenoxy) is 1. The van der Waals surface area contributed by atoms with Gasteiger partial charge in [-0.15, -0.1) is 0 Å². The van der Waals surface area contributed by atoms with E-state index < -0.39 is 12.1 Å². The number of carbonyl (C=O) groups excluding carboxylic acids is 1. The fourth-order valence-corrected chi connectivity index (χ4v) is 0.797. The summed E-state index contributed by atoms with van der Waals surface area (Å²) in [5.74, 6) is -1.68. The van der Waals surface area contributed by atoms with E-state index >= 15 is 0 Å². The molecule has 0 aromatic rings. The molecular weight excluding hydrogens is 202 g/mol. The molecule has 0 aliphatic heterocycles. The van der Waals surface area contributed by atoms with Crippen molar-refractivity contribution < 1.29 is 24.5 Å². The van der Waals surface area contributed by atoms with Crippen molar-refractivity contribution in [2.45, 2.75) is 25.9 Å². The summed E-state index contributed by atoms with van der Waals surface area (Å²) in [5.41, 5.74) is 0. The van der Waals surface area contributed by atoms with E-state index in [1.807, 2.05) is 6.92 Å². The molecule has 0 aromatic heterocycles. The Bertz CT molecular complexity index is 207. The van der Waals surface area contributed by atoms with Gasteiger partial charge in [-0.25, -0.2) is 4.79 Å². The first-order valence-electron chi connectivity index (χ1n) is 4.83. The minimum atomic E-state index is -1.55. The first-order valence-corrected chi connectivity index (χ1v) is 4.83. The van der Waals surface area contributed by atoms with Crippen LogP contribution in [0.25, 0.3) is 0 Å². The van der Waals surface area contributed by atoms with Crippen molar-refractivity contribution in [1.82, 2.24) is 5.32 Å². The third-order valence-electron chi connectivity index (χ3n) is 1.60. The molecule has 0 aliphatic rings. The summed E-state index contributed by atoms with van der Waals surface area (Å²) in [7, 11) is 0. The SMILES string of the molecule is CCCOCCC(=O)NC[C@H](O)C(=O)O. The third-order valence-corrected chi connectivity index (χ3v) is 1.60. The molecule has 1 amide bonds. The van der Waals surface area contributed by atoms with Gasteiger partial charge in [0.25, 0.3) is 0 Å². The zero-order valence-electron chi connectivity index (χ0n) is 8.73. The van der Waals surface area contributed by atoms with Gasteiger partial charge in [-0.05, 0) is 6.42 Å². The van der Waals surface area contributed by atoms with E-state index in [9.17, 15) is 9.59 Å². The first kappa shape index (κ1) is 13.9. The van der Waals surface area contributed by atoms with Crippen LogP contribution >= 0.6 is 0 Å². The molecule has 1 atom stereocenters. The lowest BCUT2D eigenvalue weighted by Gasteiger charge is -2.07. The molecule has 0 aliphatic carbocycles. The Hall–Kier alpha value is -1.14. The van der Waals surface area contributed by atoms with Crippen LogP contribution in [0, 0.1) is 0 Å². The third kappa shape index (κ3) is 7.90. The van der Waals surface area contributed by atoms with Gasteiger partial charge in [-0.2, -0.15) is 0 Å². The number of carboxylic acid groups (broad SMARTS) is 1. The van der Waals surface area contributed by atoms with E-state index in [2.05, 4.69) is 5.32 Å². The molecule has 0 radical (unpaired) electrons.